The zero-order chi connectivity index (χ0) is 31.6. The van der Waals surface area contributed by atoms with E-state index < -0.39 is 35.7 Å². The van der Waals surface area contributed by atoms with Crippen LogP contribution in [0.15, 0.2) is 12.2 Å². The van der Waals surface area contributed by atoms with Gasteiger partial charge in [0.2, 0.25) is 0 Å². The lowest BCUT2D eigenvalue weighted by atomic mass is 9.95. The average molecular weight is 597 g/mol. The molecule has 0 spiro atoms. The molecule has 0 aromatic heterocycles. The van der Waals surface area contributed by atoms with Gasteiger partial charge < -0.3 is 19.8 Å². The highest BCUT2D eigenvalue weighted by atomic mass is 16.4. The molecule has 0 aromatic rings. The van der Waals surface area contributed by atoms with E-state index in [2.05, 4.69) is 19.1 Å². The van der Waals surface area contributed by atoms with Crippen molar-refractivity contribution in [3.8, 4) is 0 Å². The van der Waals surface area contributed by atoms with Crippen LogP contribution in [0.1, 0.15) is 150 Å². The summed E-state index contributed by atoms with van der Waals surface area (Å²) >= 11 is 0. The largest absolute Gasteiger partial charge is 0.481 e. The predicted molar refractivity (Wildman–Crippen MR) is 173 cm³/mol. The third-order valence-electron chi connectivity index (χ3n) is 8.99. The van der Waals surface area contributed by atoms with E-state index in [0.717, 1.165) is 19.3 Å². The molecule has 0 aromatic carbocycles. The summed E-state index contributed by atoms with van der Waals surface area (Å²) in [7, 11) is 0. The van der Waals surface area contributed by atoms with E-state index in [9.17, 15) is 29.7 Å². The van der Waals surface area contributed by atoms with Gasteiger partial charge in [-0.05, 0) is 57.8 Å². The Bertz CT molecular complexity index is 677. The van der Waals surface area contributed by atoms with Crippen LogP contribution >= 0.6 is 0 Å². The second kappa shape index (κ2) is 25.6. The minimum atomic E-state index is -0.888. The first-order valence-electron chi connectivity index (χ1n) is 17.3. The summed E-state index contributed by atoms with van der Waals surface area (Å²) in [5.41, 5.74) is 0. The molecule has 0 aliphatic rings. The number of hydrogen-bond donors (Lipinski definition) is 3. The van der Waals surface area contributed by atoms with Crippen molar-refractivity contribution >= 4 is 17.9 Å². The van der Waals surface area contributed by atoms with Crippen molar-refractivity contribution in [1.29, 1.82) is 0 Å². The maximum atomic E-state index is 12.0. The number of nitrogens with zero attached hydrogens (tertiary/aromatic N) is 1. The van der Waals surface area contributed by atoms with Gasteiger partial charge in [0.1, 0.15) is 17.8 Å². The normalized spacial score (nSPS) is 15.3. The van der Waals surface area contributed by atoms with Crippen molar-refractivity contribution in [2.45, 2.75) is 150 Å². The smallest absolute Gasteiger partial charge is 0.312 e. The molecule has 7 nitrogen and oxygen atoms in total. The predicted octanol–water partition coefficient (Wildman–Crippen LogP) is 8.95. The Morgan fingerprint density at radius 2 is 0.810 bits per heavy atom. The third-order valence-corrected chi connectivity index (χ3v) is 8.99. The van der Waals surface area contributed by atoms with Gasteiger partial charge in [-0.3, -0.25) is 14.4 Å². The standard InChI is InChI=1S/C35H65NO6/c1-5-9-10-11-12-13-14-15-16-17-18-19-20-21-22-23-24-25-26-36(27-30(6-2)33(37)38,28-31(7-3)34(39)40)29-32(8-4)35(41)42/h14-15,30-32H,5-13,16-29H2,1-4H3,(H2-,37,38,39,40,41,42)/p+1/b15-14+. The van der Waals surface area contributed by atoms with E-state index in [1.165, 1.54) is 83.5 Å². The van der Waals surface area contributed by atoms with Gasteiger partial charge in [-0.2, -0.15) is 0 Å². The summed E-state index contributed by atoms with van der Waals surface area (Å²) < 4.78 is 0.258. The Kier molecular flexibility index (Phi) is 24.4. The van der Waals surface area contributed by atoms with E-state index in [4.69, 9.17) is 0 Å². The lowest BCUT2D eigenvalue weighted by Crippen LogP contribution is -2.58. The molecule has 0 bridgehead atoms. The van der Waals surface area contributed by atoms with Gasteiger partial charge in [0.25, 0.3) is 0 Å². The summed E-state index contributed by atoms with van der Waals surface area (Å²) in [6.07, 6.45) is 25.6. The molecule has 246 valence electrons. The fourth-order valence-corrected chi connectivity index (χ4v) is 6.09. The monoisotopic (exact) mass is 596 g/mol. The molecular weight excluding hydrogens is 530 g/mol. The number of quaternary nitrogens is 1. The van der Waals surface area contributed by atoms with E-state index in [0.29, 0.717) is 25.8 Å². The molecular formula is C35H66NO6+. The Labute approximate surface area is 257 Å². The zero-order valence-corrected chi connectivity index (χ0v) is 27.7. The van der Waals surface area contributed by atoms with Crippen molar-refractivity contribution < 1.29 is 34.2 Å². The average Bonchev–Trinajstić information content (AvgIpc) is 2.96. The van der Waals surface area contributed by atoms with Gasteiger partial charge in [0, 0.05) is 0 Å². The lowest BCUT2D eigenvalue weighted by Gasteiger charge is -2.43. The summed E-state index contributed by atoms with van der Waals surface area (Å²) in [6, 6.07) is 0. The van der Waals surface area contributed by atoms with Gasteiger partial charge in [0.15, 0.2) is 0 Å². The number of carbonyl (C=O) groups is 3. The molecule has 3 N–H and O–H groups in total. The second-order valence-electron chi connectivity index (χ2n) is 12.6. The van der Waals surface area contributed by atoms with Crippen molar-refractivity contribution in [3.05, 3.63) is 12.2 Å². The minimum absolute atomic E-state index is 0.258. The molecule has 3 atom stereocenters. The maximum absolute atomic E-state index is 12.0. The van der Waals surface area contributed by atoms with Gasteiger partial charge >= 0.3 is 17.9 Å². The third kappa shape index (κ3) is 19.3. The minimum Gasteiger partial charge on any atom is -0.481 e. The van der Waals surface area contributed by atoms with Crippen LogP contribution in [0.2, 0.25) is 0 Å². The highest BCUT2D eigenvalue weighted by Crippen LogP contribution is 2.25. The molecule has 0 rings (SSSR count). The van der Waals surface area contributed by atoms with E-state index >= 15 is 0 Å². The number of unbranched alkanes of at least 4 members (excludes halogenated alkanes) is 14. The molecule has 0 fully saturated rings. The highest BCUT2D eigenvalue weighted by molar-refractivity contribution is 5.71. The molecule has 0 heterocycles. The molecule has 0 radical (unpaired) electrons. The number of carboxylic acids is 3. The summed E-state index contributed by atoms with van der Waals surface area (Å²) in [5, 5.41) is 29.5. The Balaban J connectivity index is 4.71. The lowest BCUT2D eigenvalue weighted by molar-refractivity contribution is -0.935. The molecule has 0 aliphatic carbocycles. The summed E-state index contributed by atoms with van der Waals surface area (Å²) in [4.78, 5) is 35.9. The number of hydrogen-bond acceptors (Lipinski definition) is 3. The van der Waals surface area contributed by atoms with Crippen LogP contribution in [-0.2, 0) is 14.4 Å². The molecule has 0 aliphatic heterocycles. The van der Waals surface area contributed by atoms with Crippen LogP contribution < -0.4 is 0 Å². The van der Waals surface area contributed by atoms with Crippen LogP contribution in [0, 0.1) is 17.8 Å². The topological polar surface area (TPSA) is 112 Å². The first-order valence-corrected chi connectivity index (χ1v) is 17.3. The maximum Gasteiger partial charge on any atom is 0.312 e. The van der Waals surface area contributed by atoms with E-state index in [-0.39, 0.29) is 24.1 Å². The second-order valence-corrected chi connectivity index (χ2v) is 12.6. The fraction of sp³-hybridized carbons (Fsp3) is 0.857. The van der Waals surface area contributed by atoms with Crippen LogP contribution in [0.25, 0.3) is 0 Å². The van der Waals surface area contributed by atoms with Crippen molar-refractivity contribution in [2.24, 2.45) is 17.8 Å². The molecule has 0 amide bonds. The van der Waals surface area contributed by atoms with E-state index in [1.807, 2.05) is 20.8 Å². The number of aliphatic carboxylic acids is 3. The Hall–Kier alpha value is -1.89. The van der Waals surface area contributed by atoms with Gasteiger partial charge in [-0.1, -0.05) is 104 Å². The van der Waals surface area contributed by atoms with Crippen molar-refractivity contribution in [1.82, 2.24) is 0 Å². The van der Waals surface area contributed by atoms with Crippen molar-refractivity contribution in [2.75, 3.05) is 26.2 Å². The van der Waals surface area contributed by atoms with Gasteiger partial charge in [-0.25, -0.2) is 0 Å². The zero-order valence-electron chi connectivity index (χ0n) is 27.7. The highest BCUT2D eigenvalue weighted by Gasteiger charge is 2.40. The molecule has 7 heteroatoms. The SMILES string of the molecule is CCCCCCC/C=C/CCCCCCCCCCC[N+](CC(CC)C(=O)O)(CC(CC)C(=O)O)CC(CC)C(=O)O. The summed E-state index contributed by atoms with van der Waals surface area (Å²) in [6.45, 7) is 9.25. The van der Waals surface area contributed by atoms with Crippen LogP contribution in [0.3, 0.4) is 0 Å². The first-order chi connectivity index (χ1) is 20.2. The Morgan fingerprint density at radius 3 is 1.12 bits per heavy atom. The van der Waals surface area contributed by atoms with E-state index in [1.54, 1.807) is 0 Å². The fourth-order valence-electron chi connectivity index (χ4n) is 6.09. The number of rotatable bonds is 30. The van der Waals surface area contributed by atoms with Crippen LogP contribution in [-0.4, -0.2) is 63.9 Å². The van der Waals surface area contributed by atoms with Crippen LogP contribution in [0.5, 0.6) is 0 Å². The first kappa shape index (κ1) is 40.1. The number of carboxylic acid groups (broad SMARTS) is 3. The van der Waals surface area contributed by atoms with Gasteiger partial charge in [0.05, 0.1) is 26.2 Å². The van der Waals surface area contributed by atoms with Gasteiger partial charge in [-0.15, -0.1) is 0 Å². The van der Waals surface area contributed by atoms with Crippen LogP contribution in [0.4, 0.5) is 0 Å². The number of allylic oxidation sites excluding steroid dienone is 2. The molecule has 42 heavy (non-hydrogen) atoms. The molecule has 3 unspecified atom stereocenters. The quantitative estimate of drug-likeness (QED) is 0.0433. The molecule has 0 saturated heterocycles. The Morgan fingerprint density at radius 1 is 0.500 bits per heavy atom. The summed E-state index contributed by atoms with van der Waals surface area (Å²) in [5.74, 6) is -4.52. The molecule has 0 saturated carbocycles. The van der Waals surface area contributed by atoms with Crippen molar-refractivity contribution in [3.63, 3.8) is 0 Å².